The van der Waals surface area contributed by atoms with Gasteiger partial charge in [-0.15, -0.1) is 5.54 Å². The van der Waals surface area contributed by atoms with Crippen molar-refractivity contribution in [2.24, 2.45) is 0 Å². The highest BCUT2D eigenvalue weighted by Crippen LogP contribution is 2.13. The molecule has 0 aliphatic heterocycles. The van der Waals surface area contributed by atoms with Gasteiger partial charge in [-0.25, -0.2) is 8.78 Å². The topological polar surface area (TPSA) is 17.1 Å². The lowest BCUT2D eigenvalue weighted by atomic mass is 10.1. The Morgan fingerprint density at radius 2 is 1.75 bits per heavy atom. The third-order valence-corrected chi connectivity index (χ3v) is 2.67. The molecule has 84 valence electrons. The third kappa shape index (κ3) is 3.28. The molecule has 0 atom stereocenters. The van der Waals surface area contributed by atoms with Gasteiger partial charge in [0.2, 0.25) is 0 Å². The molecule has 0 aromatic heterocycles. The van der Waals surface area contributed by atoms with E-state index in [0.717, 1.165) is 12.1 Å². The van der Waals surface area contributed by atoms with Crippen molar-refractivity contribution in [2.75, 3.05) is 0 Å². The monoisotopic (exact) mass is 238 g/mol. The first-order valence-corrected chi connectivity index (χ1v) is 8.31. The first-order valence-electron chi connectivity index (χ1n) is 4.81. The zero-order valence-electron chi connectivity index (χ0n) is 9.40. The van der Waals surface area contributed by atoms with Gasteiger partial charge in [0, 0.05) is 11.1 Å². The highest BCUT2D eigenvalue weighted by atomic mass is 28.3. The van der Waals surface area contributed by atoms with Crippen molar-refractivity contribution in [2.45, 2.75) is 19.6 Å². The highest BCUT2D eigenvalue weighted by Gasteiger charge is 2.10. The molecule has 1 nitrogen and oxygen atoms in total. The molecule has 1 aromatic carbocycles. The first kappa shape index (κ1) is 12.6. The number of hydrogen-bond acceptors (Lipinski definition) is 1. The van der Waals surface area contributed by atoms with Crippen molar-refractivity contribution >= 4 is 14.4 Å². The van der Waals surface area contributed by atoms with E-state index < -0.39 is 19.7 Å². The van der Waals surface area contributed by atoms with Gasteiger partial charge in [0.05, 0.1) is 0 Å². The third-order valence-electron chi connectivity index (χ3n) is 1.79. The van der Waals surface area contributed by atoms with Crippen LogP contribution in [0, 0.1) is 23.1 Å². The Balaban J connectivity index is 3.27. The molecule has 1 aromatic rings. The SMILES string of the molecule is C[Si](C)(C)C#Cc1cc(F)c(F)cc1C=O. The molecule has 0 spiro atoms. The normalized spacial score (nSPS) is 10.6. The zero-order valence-corrected chi connectivity index (χ0v) is 10.4. The van der Waals surface area contributed by atoms with Crippen LogP contribution in [0.1, 0.15) is 15.9 Å². The fourth-order valence-corrected chi connectivity index (χ4v) is 1.53. The maximum Gasteiger partial charge on any atom is 0.160 e. The lowest BCUT2D eigenvalue weighted by Crippen LogP contribution is -2.16. The van der Waals surface area contributed by atoms with Gasteiger partial charge in [-0.1, -0.05) is 25.6 Å². The van der Waals surface area contributed by atoms with Gasteiger partial charge in [0.15, 0.2) is 17.9 Å². The molecule has 0 saturated carbocycles. The number of halogens is 2. The minimum absolute atomic E-state index is 0.0876. The van der Waals surface area contributed by atoms with Gasteiger partial charge in [0.1, 0.15) is 8.07 Å². The van der Waals surface area contributed by atoms with E-state index in [9.17, 15) is 13.6 Å². The van der Waals surface area contributed by atoms with E-state index in [1.54, 1.807) is 0 Å². The summed E-state index contributed by atoms with van der Waals surface area (Å²) in [7, 11) is -1.60. The molecule has 0 amide bonds. The van der Waals surface area contributed by atoms with Crippen LogP contribution >= 0.6 is 0 Å². The van der Waals surface area contributed by atoms with Crippen molar-refractivity contribution in [3.8, 4) is 11.5 Å². The largest absolute Gasteiger partial charge is 0.298 e. The number of hydrogen-bond donors (Lipinski definition) is 0. The van der Waals surface area contributed by atoms with Crippen molar-refractivity contribution in [1.82, 2.24) is 0 Å². The molecule has 16 heavy (non-hydrogen) atoms. The molecule has 0 saturated heterocycles. The lowest BCUT2D eigenvalue weighted by molar-refractivity contribution is 0.112. The van der Waals surface area contributed by atoms with Gasteiger partial charge in [-0.05, 0) is 12.1 Å². The van der Waals surface area contributed by atoms with Crippen LogP contribution in [0.5, 0.6) is 0 Å². The van der Waals surface area contributed by atoms with Gasteiger partial charge < -0.3 is 0 Å². The van der Waals surface area contributed by atoms with Crippen molar-refractivity contribution in [1.29, 1.82) is 0 Å². The lowest BCUT2D eigenvalue weighted by Gasteiger charge is -2.04. The summed E-state index contributed by atoms with van der Waals surface area (Å²) in [5.74, 6) is 0.738. The number of carbonyl (C=O) groups is 1. The van der Waals surface area contributed by atoms with Crippen LogP contribution in [0.3, 0.4) is 0 Å². The zero-order chi connectivity index (χ0) is 12.3. The summed E-state index contributed by atoms with van der Waals surface area (Å²) < 4.78 is 25.8. The summed E-state index contributed by atoms with van der Waals surface area (Å²) >= 11 is 0. The van der Waals surface area contributed by atoms with Gasteiger partial charge in [-0.3, -0.25) is 4.79 Å². The Morgan fingerprint density at radius 3 is 2.25 bits per heavy atom. The second kappa shape index (κ2) is 4.58. The van der Waals surface area contributed by atoms with E-state index >= 15 is 0 Å². The van der Waals surface area contributed by atoms with Crippen molar-refractivity contribution in [3.63, 3.8) is 0 Å². The molecule has 0 heterocycles. The molecule has 4 heteroatoms. The molecule has 0 fully saturated rings. The second-order valence-electron chi connectivity index (χ2n) is 4.47. The second-order valence-corrected chi connectivity index (χ2v) is 9.22. The van der Waals surface area contributed by atoms with Crippen LogP contribution in [0.2, 0.25) is 19.6 Å². The Labute approximate surface area is 94.5 Å². The summed E-state index contributed by atoms with van der Waals surface area (Å²) in [6.45, 7) is 6.08. The quantitative estimate of drug-likeness (QED) is 0.417. The van der Waals surface area contributed by atoms with Gasteiger partial charge in [-0.2, -0.15) is 0 Å². The van der Waals surface area contributed by atoms with Crippen molar-refractivity contribution in [3.05, 3.63) is 34.9 Å². The fraction of sp³-hybridized carbons (Fsp3) is 0.250. The maximum absolute atomic E-state index is 13.0. The van der Waals surface area contributed by atoms with E-state index in [-0.39, 0.29) is 11.1 Å². The van der Waals surface area contributed by atoms with Crippen LogP contribution in [0.15, 0.2) is 12.1 Å². The Bertz CT molecular complexity index is 478. The number of aldehydes is 1. The van der Waals surface area contributed by atoms with E-state index in [1.807, 2.05) is 19.6 Å². The number of benzene rings is 1. The predicted molar refractivity (Wildman–Crippen MR) is 62.0 cm³/mol. The molecule has 0 bridgehead atoms. The van der Waals surface area contributed by atoms with E-state index in [4.69, 9.17) is 0 Å². The molecular formula is C12H12F2OSi. The molecule has 1 rings (SSSR count). The molecular weight excluding hydrogens is 226 g/mol. The molecule has 0 radical (unpaired) electrons. The van der Waals surface area contributed by atoms with Crippen LogP contribution in [0.25, 0.3) is 0 Å². The minimum Gasteiger partial charge on any atom is -0.298 e. The van der Waals surface area contributed by atoms with E-state index in [2.05, 4.69) is 11.5 Å². The summed E-state index contributed by atoms with van der Waals surface area (Å²) in [5.41, 5.74) is 3.33. The fourth-order valence-electron chi connectivity index (χ4n) is 1.02. The first-order chi connectivity index (χ1) is 7.33. The van der Waals surface area contributed by atoms with Crippen LogP contribution < -0.4 is 0 Å². The van der Waals surface area contributed by atoms with Crippen LogP contribution in [-0.4, -0.2) is 14.4 Å². The number of carbonyl (C=O) groups excluding carboxylic acids is 1. The standard InChI is InChI=1S/C12H12F2OSi/c1-16(2,3)5-4-9-6-11(13)12(14)7-10(9)8-15/h6-8H,1-3H3. The summed E-state index contributed by atoms with van der Waals surface area (Å²) in [6, 6.07) is 1.84. The maximum atomic E-state index is 13.0. The van der Waals surface area contributed by atoms with Crippen LogP contribution in [0.4, 0.5) is 8.78 Å². The molecule has 0 aliphatic rings. The molecule has 0 aliphatic carbocycles. The summed E-state index contributed by atoms with van der Waals surface area (Å²) in [5, 5.41) is 0. The van der Waals surface area contributed by atoms with Gasteiger partial charge >= 0.3 is 0 Å². The average molecular weight is 238 g/mol. The molecule has 0 unspecified atom stereocenters. The van der Waals surface area contributed by atoms with E-state index in [0.29, 0.717) is 6.29 Å². The Hall–Kier alpha value is -1.47. The smallest absolute Gasteiger partial charge is 0.160 e. The summed E-state index contributed by atoms with van der Waals surface area (Å²) in [6.07, 6.45) is 0.483. The minimum atomic E-state index is -1.60. The number of rotatable bonds is 1. The van der Waals surface area contributed by atoms with Crippen molar-refractivity contribution < 1.29 is 13.6 Å². The molecule has 0 N–H and O–H groups in total. The Morgan fingerprint density at radius 1 is 1.19 bits per heavy atom. The average Bonchev–Trinajstić information content (AvgIpc) is 2.18. The van der Waals surface area contributed by atoms with E-state index in [1.165, 1.54) is 0 Å². The Kier molecular flexibility index (Phi) is 3.61. The predicted octanol–water partition coefficient (Wildman–Crippen LogP) is 3.01. The van der Waals surface area contributed by atoms with Gasteiger partial charge in [0.25, 0.3) is 0 Å². The highest BCUT2D eigenvalue weighted by molar-refractivity contribution is 6.83. The van der Waals surface area contributed by atoms with Crippen LogP contribution in [-0.2, 0) is 0 Å². The summed E-state index contributed by atoms with van der Waals surface area (Å²) in [4.78, 5) is 10.7.